The van der Waals surface area contributed by atoms with Crippen LogP contribution in [0.25, 0.3) is 17.1 Å². The highest BCUT2D eigenvalue weighted by atomic mass is 35.5. The van der Waals surface area contributed by atoms with Crippen molar-refractivity contribution < 1.29 is 4.74 Å². The van der Waals surface area contributed by atoms with Gasteiger partial charge in [0.1, 0.15) is 5.82 Å². The van der Waals surface area contributed by atoms with Gasteiger partial charge in [0.2, 0.25) is 0 Å². The number of hydrogen-bond acceptors (Lipinski definition) is 2. The molecule has 0 spiro atoms. The predicted octanol–water partition coefficient (Wildman–Crippen LogP) is 6.22. The molecule has 0 aliphatic rings. The Balaban J connectivity index is 1.61. The second-order valence-electron chi connectivity index (χ2n) is 6.75. The fraction of sp³-hybridized carbons (Fsp3) is 0.125. The van der Waals surface area contributed by atoms with Crippen LogP contribution in [-0.4, -0.2) is 9.55 Å². The molecule has 0 aliphatic carbocycles. The van der Waals surface area contributed by atoms with Crippen molar-refractivity contribution in [2.24, 2.45) is 0 Å². The molecule has 3 nitrogen and oxygen atoms in total. The zero-order valence-electron chi connectivity index (χ0n) is 15.7. The zero-order valence-corrected chi connectivity index (χ0v) is 16.4. The summed E-state index contributed by atoms with van der Waals surface area (Å²) in [6.07, 6.45) is 2.04. The van der Waals surface area contributed by atoms with Crippen molar-refractivity contribution in [3.63, 3.8) is 0 Å². The highest BCUT2D eigenvalue weighted by Crippen LogP contribution is 2.25. The van der Waals surface area contributed by atoms with Crippen molar-refractivity contribution in [3.05, 3.63) is 107 Å². The van der Waals surface area contributed by atoms with E-state index in [1.165, 1.54) is 5.56 Å². The molecule has 0 aliphatic heterocycles. The first-order valence-corrected chi connectivity index (χ1v) is 9.60. The Kier molecular flexibility index (Phi) is 5.56. The fourth-order valence-corrected chi connectivity index (χ4v) is 3.18. The summed E-state index contributed by atoms with van der Waals surface area (Å²) in [7, 11) is 0. The molecule has 0 fully saturated rings. The lowest BCUT2D eigenvalue weighted by Gasteiger charge is -2.08. The van der Waals surface area contributed by atoms with E-state index in [1.807, 2.05) is 48.7 Å². The van der Waals surface area contributed by atoms with Crippen LogP contribution in [0.3, 0.4) is 0 Å². The van der Waals surface area contributed by atoms with Crippen LogP contribution in [0, 0.1) is 6.92 Å². The third kappa shape index (κ3) is 4.33. The SMILES string of the molecule is Cc1ccc(-n2cc(COCc3ccccc3)nc2-c2ccc(Cl)cc2)cc1. The first-order chi connectivity index (χ1) is 13.7. The molecule has 0 saturated carbocycles. The third-order valence-electron chi connectivity index (χ3n) is 4.53. The average Bonchev–Trinajstić information content (AvgIpc) is 3.14. The molecule has 0 saturated heterocycles. The second kappa shape index (κ2) is 8.42. The van der Waals surface area contributed by atoms with Crippen molar-refractivity contribution in [2.45, 2.75) is 20.1 Å². The summed E-state index contributed by atoms with van der Waals surface area (Å²) in [6.45, 7) is 3.10. The van der Waals surface area contributed by atoms with Crippen molar-refractivity contribution in [2.75, 3.05) is 0 Å². The van der Waals surface area contributed by atoms with Gasteiger partial charge in [-0.1, -0.05) is 59.6 Å². The van der Waals surface area contributed by atoms with Crippen molar-refractivity contribution in [1.29, 1.82) is 0 Å². The summed E-state index contributed by atoms with van der Waals surface area (Å²) < 4.78 is 7.99. The molecular formula is C24H21ClN2O. The van der Waals surface area contributed by atoms with E-state index in [0.717, 1.165) is 28.3 Å². The number of rotatable bonds is 6. The summed E-state index contributed by atoms with van der Waals surface area (Å²) in [5.41, 5.74) is 5.35. The molecule has 0 N–H and O–H groups in total. The maximum atomic E-state index is 6.06. The molecule has 28 heavy (non-hydrogen) atoms. The Bertz CT molecular complexity index is 975. The van der Waals surface area contributed by atoms with Crippen LogP contribution in [-0.2, 0) is 18.0 Å². The molecule has 140 valence electrons. The van der Waals surface area contributed by atoms with Crippen LogP contribution in [0.4, 0.5) is 0 Å². The van der Waals surface area contributed by atoms with E-state index in [-0.39, 0.29) is 0 Å². The molecule has 4 heteroatoms. The summed E-state index contributed by atoms with van der Waals surface area (Å²) in [4.78, 5) is 4.83. The topological polar surface area (TPSA) is 27.1 Å². The molecule has 0 unspecified atom stereocenters. The van der Waals surface area contributed by atoms with Gasteiger partial charge in [0, 0.05) is 22.5 Å². The Hall–Kier alpha value is -2.88. The van der Waals surface area contributed by atoms with Crippen LogP contribution in [0.15, 0.2) is 85.1 Å². The first-order valence-electron chi connectivity index (χ1n) is 9.22. The van der Waals surface area contributed by atoms with Crippen LogP contribution in [0.2, 0.25) is 5.02 Å². The minimum Gasteiger partial charge on any atom is -0.370 e. The molecule has 1 heterocycles. The lowest BCUT2D eigenvalue weighted by Crippen LogP contribution is -1.96. The molecule has 4 rings (SSSR count). The summed E-state index contributed by atoms with van der Waals surface area (Å²) >= 11 is 6.06. The van der Waals surface area contributed by atoms with E-state index in [4.69, 9.17) is 21.3 Å². The van der Waals surface area contributed by atoms with Gasteiger partial charge in [-0.15, -0.1) is 0 Å². The van der Waals surface area contributed by atoms with Gasteiger partial charge in [0.05, 0.1) is 18.9 Å². The minimum absolute atomic E-state index is 0.453. The van der Waals surface area contributed by atoms with Crippen molar-refractivity contribution >= 4 is 11.6 Å². The van der Waals surface area contributed by atoms with Gasteiger partial charge in [-0.2, -0.15) is 0 Å². The molecule has 1 aromatic heterocycles. The van der Waals surface area contributed by atoms with E-state index >= 15 is 0 Å². The lowest BCUT2D eigenvalue weighted by molar-refractivity contribution is 0.105. The number of ether oxygens (including phenoxy) is 1. The van der Waals surface area contributed by atoms with Gasteiger partial charge in [-0.25, -0.2) is 4.98 Å². The Labute approximate surface area is 170 Å². The molecule has 0 atom stereocenters. The van der Waals surface area contributed by atoms with Crippen LogP contribution in [0.1, 0.15) is 16.8 Å². The van der Waals surface area contributed by atoms with Crippen LogP contribution in [0.5, 0.6) is 0 Å². The Morgan fingerprint density at radius 1 is 0.857 bits per heavy atom. The largest absolute Gasteiger partial charge is 0.370 e. The molecule has 0 bridgehead atoms. The van der Waals surface area contributed by atoms with Crippen molar-refractivity contribution in [3.8, 4) is 17.1 Å². The maximum Gasteiger partial charge on any atom is 0.144 e. The zero-order chi connectivity index (χ0) is 19.3. The van der Waals surface area contributed by atoms with E-state index in [9.17, 15) is 0 Å². The number of imidazole rings is 1. The van der Waals surface area contributed by atoms with E-state index in [1.54, 1.807) is 0 Å². The number of aryl methyl sites for hydroxylation is 1. The highest BCUT2D eigenvalue weighted by molar-refractivity contribution is 6.30. The lowest BCUT2D eigenvalue weighted by atomic mass is 10.2. The van der Waals surface area contributed by atoms with Crippen LogP contribution >= 0.6 is 11.6 Å². The van der Waals surface area contributed by atoms with Gasteiger partial charge in [0.15, 0.2) is 0 Å². The normalized spacial score (nSPS) is 10.9. The fourth-order valence-electron chi connectivity index (χ4n) is 3.05. The number of aromatic nitrogens is 2. The smallest absolute Gasteiger partial charge is 0.144 e. The summed E-state index contributed by atoms with van der Waals surface area (Å²) in [6, 6.07) is 26.3. The molecule has 4 aromatic rings. The summed E-state index contributed by atoms with van der Waals surface area (Å²) in [5, 5.41) is 0.712. The third-order valence-corrected chi connectivity index (χ3v) is 4.78. The maximum absolute atomic E-state index is 6.06. The number of halogens is 1. The molecule has 0 radical (unpaired) electrons. The number of benzene rings is 3. The van der Waals surface area contributed by atoms with Crippen LogP contribution < -0.4 is 0 Å². The predicted molar refractivity (Wildman–Crippen MR) is 114 cm³/mol. The highest BCUT2D eigenvalue weighted by Gasteiger charge is 2.12. The van der Waals surface area contributed by atoms with Gasteiger partial charge >= 0.3 is 0 Å². The first kappa shape index (κ1) is 18.5. The summed E-state index contributed by atoms with van der Waals surface area (Å²) in [5.74, 6) is 0.874. The average molecular weight is 389 g/mol. The number of nitrogens with zero attached hydrogens (tertiary/aromatic N) is 2. The van der Waals surface area contributed by atoms with Crippen molar-refractivity contribution in [1.82, 2.24) is 9.55 Å². The Morgan fingerprint density at radius 3 is 2.29 bits per heavy atom. The number of hydrogen-bond donors (Lipinski definition) is 0. The van der Waals surface area contributed by atoms with Gasteiger partial charge in [-0.3, -0.25) is 4.57 Å². The van der Waals surface area contributed by atoms with E-state index < -0.39 is 0 Å². The standard InChI is InChI=1S/C24H21ClN2O/c1-18-7-13-23(14-8-18)27-15-22(17-28-16-19-5-3-2-4-6-19)26-24(27)20-9-11-21(25)12-10-20/h2-15H,16-17H2,1H3. The van der Waals surface area contributed by atoms with E-state index in [0.29, 0.717) is 18.2 Å². The molecular weight excluding hydrogens is 368 g/mol. The minimum atomic E-state index is 0.453. The van der Waals surface area contributed by atoms with Gasteiger partial charge < -0.3 is 4.74 Å². The quantitative estimate of drug-likeness (QED) is 0.392. The van der Waals surface area contributed by atoms with E-state index in [2.05, 4.69) is 47.9 Å². The second-order valence-corrected chi connectivity index (χ2v) is 7.18. The molecule has 0 amide bonds. The Morgan fingerprint density at radius 2 is 1.57 bits per heavy atom. The van der Waals surface area contributed by atoms with Gasteiger partial charge in [0.25, 0.3) is 0 Å². The molecule has 3 aromatic carbocycles. The van der Waals surface area contributed by atoms with Gasteiger partial charge in [-0.05, 0) is 48.9 Å². The monoisotopic (exact) mass is 388 g/mol.